The van der Waals surface area contributed by atoms with Gasteiger partial charge >= 0.3 is 0 Å². The molecule has 9 heteroatoms. The Bertz CT molecular complexity index is 1090. The molecular weight excluding hydrogens is 460 g/mol. The van der Waals surface area contributed by atoms with E-state index < -0.39 is 17.2 Å². The molecule has 4 rings (SSSR count). The van der Waals surface area contributed by atoms with Crippen LogP contribution < -0.4 is 10.1 Å². The van der Waals surface area contributed by atoms with Gasteiger partial charge in [0.25, 0.3) is 5.91 Å². The Morgan fingerprint density at radius 3 is 2.31 bits per heavy atom. The molecule has 2 fully saturated rings. The lowest BCUT2D eigenvalue weighted by atomic mass is 9.91. The Kier molecular flexibility index (Phi) is 7.31. The van der Waals surface area contributed by atoms with Crippen LogP contribution in [0.25, 0.3) is 0 Å². The predicted octanol–water partition coefficient (Wildman–Crippen LogP) is 2.61. The summed E-state index contributed by atoms with van der Waals surface area (Å²) in [7, 11) is 1.57. The van der Waals surface area contributed by atoms with Crippen molar-refractivity contribution in [1.29, 1.82) is 0 Å². The number of methoxy groups -OCH3 is 1. The topological polar surface area (TPSA) is 101 Å². The van der Waals surface area contributed by atoms with E-state index in [1.807, 2.05) is 37.8 Å². The van der Waals surface area contributed by atoms with Crippen LogP contribution in [0.3, 0.4) is 0 Å². The van der Waals surface area contributed by atoms with Crippen LogP contribution in [0.1, 0.15) is 49.5 Å². The number of nitrogens with zero attached hydrogens (tertiary/aromatic N) is 3. The normalized spacial score (nSPS) is 19.3. The summed E-state index contributed by atoms with van der Waals surface area (Å²) in [6, 6.07) is 9.70. The minimum absolute atomic E-state index is 0.0648. The average molecular weight is 495 g/mol. The molecule has 3 amide bonds. The molecule has 1 aromatic carbocycles. The van der Waals surface area contributed by atoms with E-state index in [0.717, 1.165) is 5.56 Å². The number of ether oxygens (including phenoxy) is 2. The van der Waals surface area contributed by atoms with E-state index in [9.17, 15) is 14.4 Å². The summed E-state index contributed by atoms with van der Waals surface area (Å²) in [6.45, 7) is 7.01. The number of aromatic nitrogens is 1. The summed E-state index contributed by atoms with van der Waals surface area (Å²) < 4.78 is 11.5. The van der Waals surface area contributed by atoms with Crippen LogP contribution in [0.15, 0.2) is 48.8 Å². The number of hydrogen-bond acceptors (Lipinski definition) is 6. The molecule has 0 saturated carbocycles. The van der Waals surface area contributed by atoms with Crippen molar-refractivity contribution in [2.24, 2.45) is 5.41 Å². The number of rotatable bonds is 5. The monoisotopic (exact) mass is 494 g/mol. The fraction of sp³-hybridized carbons (Fsp3) is 0.481. The van der Waals surface area contributed by atoms with Crippen molar-refractivity contribution in [3.8, 4) is 5.75 Å². The summed E-state index contributed by atoms with van der Waals surface area (Å²) in [5, 5.41) is 2.94. The minimum atomic E-state index is -0.954. The lowest BCUT2D eigenvalue weighted by Gasteiger charge is -2.45. The number of piperidine rings is 1. The van der Waals surface area contributed by atoms with E-state index in [1.54, 1.807) is 48.7 Å². The number of amides is 3. The second-order valence-electron chi connectivity index (χ2n) is 10.3. The molecule has 1 N–H and O–H groups in total. The van der Waals surface area contributed by atoms with E-state index in [-0.39, 0.29) is 24.3 Å². The Morgan fingerprint density at radius 1 is 1.08 bits per heavy atom. The second-order valence-corrected chi connectivity index (χ2v) is 10.3. The number of nitrogens with one attached hydrogen (secondary N) is 1. The number of benzene rings is 1. The van der Waals surface area contributed by atoms with E-state index >= 15 is 0 Å². The Labute approximate surface area is 211 Å². The van der Waals surface area contributed by atoms with Crippen molar-refractivity contribution in [2.45, 2.75) is 51.9 Å². The molecule has 0 aliphatic carbocycles. The van der Waals surface area contributed by atoms with Crippen LogP contribution in [0, 0.1) is 5.41 Å². The van der Waals surface area contributed by atoms with E-state index in [2.05, 4.69) is 10.3 Å². The first-order chi connectivity index (χ1) is 17.1. The Morgan fingerprint density at radius 2 is 1.72 bits per heavy atom. The third kappa shape index (κ3) is 5.21. The predicted molar refractivity (Wildman–Crippen MR) is 133 cm³/mol. The van der Waals surface area contributed by atoms with Crippen molar-refractivity contribution in [3.05, 3.63) is 59.9 Å². The van der Waals surface area contributed by atoms with E-state index in [1.165, 1.54) is 0 Å². The fourth-order valence-electron chi connectivity index (χ4n) is 4.78. The molecule has 1 spiro atoms. The average Bonchev–Trinajstić information content (AvgIpc) is 3.25. The maximum Gasteiger partial charge on any atom is 0.256 e. The Balaban J connectivity index is 1.57. The molecular formula is C27H34N4O5. The summed E-state index contributed by atoms with van der Waals surface area (Å²) in [6.07, 6.45) is 4.21. The van der Waals surface area contributed by atoms with Gasteiger partial charge in [0.15, 0.2) is 0 Å². The van der Waals surface area contributed by atoms with Crippen LogP contribution in [0.5, 0.6) is 5.75 Å². The number of likely N-dealkylation sites (tertiary alicyclic amines) is 1. The van der Waals surface area contributed by atoms with Crippen LogP contribution in [-0.4, -0.2) is 71.1 Å². The van der Waals surface area contributed by atoms with Crippen LogP contribution in [0.2, 0.25) is 0 Å². The van der Waals surface area contributed by atoms with Crippen molar-refractivity contribution >= 4 is 17.7 Å². The zero-order valence-electron chi connectivity index (χ0n) is 21.3. The van der Waals surface area contributed by atoms with Crippen molar-refractivity contribution in [1.82, 2.24) is 20.1 Å². The first-order valence-corrected chi connectivity index (χ1v) is 12.2. The van der Waals surface area contributed by atoms with Gasteiger partial charge in [-0.15, -0.1) is 0 Å². The maximum atomic E-state index is 13.8. The van der Waals surface area contributed by atoms with Gasteiger partial charge < -0.3 is 19.7 Å². The largest absolute Gasteiger partial charge is 0.497 e. The smallest absolute Gasteiger partial charge is 0.256 e. The lowest BCUT2D eigenvalue weighted by Crippen LogP contribution is -2.60. The van der Waals surface area contributed by atoms with Crippen molar-refractivity contribution in [3.63, 3.8) is 0 Å². The molecule has 1 atom stereocenters. The molecule has 1 aromatic heterocycles. The molecule has 0 radical (unpaired) electrons. The maximum absolute atomic E-state index is 13.8. The SMILES string of the molecule is COc1ccc(C(=O)N2[C@@H](C(=O)NCc3ccncc3)COC23CCN(C(=O)C(C)(C)C)CC3)cc1. The van der Waals surface area contributed by atoms with Gasteiger partial charge in [0, 0.05) is 55.8 Å². The molecule has 2 aromatic rings. The second kappa shape index (κ2) is 10.3. The highest BCUT2D eigenvalue weighted by Crippen LogP contribution is 2.39. The number of carbonyl (C=O) groups is 3. The van der Waals surface area contributed by atoms with Gasteiger partial charge in [0.2, 0.25) is 11.8 Å². The summed E-state index contributed by atoms with van der Waals surface area (Å²) in [5.74, 6) is 0.142. The number of carbonyl (C=O) groups excluding carboxylic acids is 3. The first-order valence-electron chi connectivity index (χ1n) is 12.2. The molecule has 0 bridgehead atoms. The van der Waals surface area contributed by atoms with E-state index in [4.69, 9.17) is 9.47 Å². The first kappa shape index (κ1) is 25.6. The van der Waals surface area contributed by atoms with Gasteiger partial charge in [-0.2, -0.15) is 0 Å². The number of pyridine rings is 1. The van der Waals surface area contributed by atoms with Crippen LogP contribution >= 0.6 is 0 Å². The zero-order valence-corrected chi connectivity index (χ0v) is 21.3. The molecule has 2 saturated heterocycles. The summed E-state index contributed by atoms with van der Waals surface area (Å²) >= 11 is 0. The van der Waals surface area contributed by atoms with Crippen LogP contribution in [-0.2, 0) is 20.9 Å². The van der Waals surface area contributed by atoms with Gasteiger partial charge in [-0.05, 0) is 42.0 Å². The highest BCUT2D eigenvalue weighted by Gasteiger charge is 2.54. The molecule has 36 heavy (non-hydrogen) atoms. The molecule has 2 aliphatic heterocycles. The van der Waals surface area contributed by atoms with Gasteiger partial charge in [-0.3, -0.25) is 24.3 Å². The summed E-state index contributed by atoms with van der Waals surface area (Å²) in [5.41, 5.74) is -0.0888. The van der Waals surface area contributed by atoms with Crippen LogP contribution in [0.4, 0.5) is 0 Å². The Hall–Kier alpha value is -3.46. The van der Waals surface area contributed by atoms with Crippen molar-refractivity contribution < 1.29 is 23.9 Å². The lowest BCUT2D eigenvalue weighted by molar-refractivity contribution is -0.150. The summed E-state index contributed by atoms with van der Waals surface area (Å²) in [4.78, 5) is 47.4. The van der Waals surface area contributed by atoms with E-state index in [0.29, 0.717) is 43.8 Å². The quantitative estimate of drug-likeness (QED) is 0.686. The highest BCUT2D eigenvalue weighted by atomic mass is 16.5. The highest BCUT2D eigenvalue weighted by molar-refractivity contribution is 5.98. The number of hydrogen-bond donors (Lipinski definition) is 1. The van der Waals surface area contributed by atoms with Crippen molar-refractivity contribution in [2.75, 3.05) is 26.8 Å². The zero-order chi connectivity index (χ0) is 25.9. The molecule has 9 nitrogen and oxygen atoms in total. The molecule has 3 heterocycles. The van der Waals surface area contributed by atoms with Gasteiger partial charge in [0.1, 0.15) is 17.5 Å². The molecule has 0 unspecified atom stereocenters. The molecule has 192 valence electrons. The molecule has 2 aliphatic rings. The van der Waals surface area contributed by atoms with Gasteiger partial charge in [-0.1, -0.05) is 20.8 Å². The van der Waals surface area contributed by atoms with Gasteiger partial charge in [0.05, 0.1) is 13.7 Å². The fourth-order valence-corrected chi connectivity index (χ4v) is 4.78. The van der Waals surface area contributed by atoms with Gasteiger partial charge in [-0.25, -0.2) is 0 Å². The third-order valence-corrected chi connectivity index (χ3v) is 6.81. The third-order valence-electron chi connectivity index (χ3n) is 6.81. The standard InChI is InChI=1S/C27H34N4O5/c1-26(2,3)25(34)30-15-11-27(12-16-30)31(24(33)20-5-7-21(35-4)8-6-20)22(18-36-27)23(32)29-17-19-9-13-28-14-10-19/h5-10,13-14,22H,11-12,15-18H2,1-4H3,(H,29,32)/t22-/m1/s1. The minimum Gasteiger partial charge on any atom is -0.497 e.